The molecule has 0 fully saturated rings. The van der Waals surface area contributed by atoms with Crippen LogP contribution in [0.25, 0.3) is 0 Å². The van der Waals surface area contributed by atoms with E-state index >= 15 is 0 Å². The van der Waals surface area contributed by atoms with Gasteiger partial charge in [-0.3, -0.25) is 9.97 Å². The lowest BCUT2D eigenvalue weighted by Gasteiger charge is -2.36. The zero-order valence-corrected chi connectivity index (χ0v) is 10.5. The van der Waals surface area contributed by atoms with Crippen molar-refractivity contribution < 1.29 is 4.74 Å². The summed E-state index contributed by atoms with van der Waals surface area (Å²) in [6, 6.07) is 0.0612. The highest BCUT2D eigenvalue weighted by molar-refractivity contribution is 5.08. The van der Waals surface area contributed by atoms with E-state index in [0.717, 1.165) is 12.1 Å². The molecule has 1 heterocycles. The van der Waals surface area contributed by atoms with Gasteiger partial charge in [0.2, 0.25) is 0 Å². The molecule has 0 aliphatic rings. The molecule has 4 nitrogen and oxygen atoms in total. The van der Waals surface area contributed by atoms with E-state index in [1.807, 2.05) is 14.0 Å². The highest BCUT2D eigenvalue weighted by atomic mass is 16.5. The Hall–Kier alpha value is -1.00. The number of rotatable bonds is 6. The summed E-state index contributed by atoms with van der Waals surface area (Å²) in [6.45, 7) is 6.93. The first-order valence-corrected chi connectivity index (χ1v) is 5.75. The first-order valence-electron chi connectivity index (χ1n) is 5.75. The number of hydrogen-bond acceptors (Lipinski definition) is 4. The molecule has 0 radical (unpaired) electrons. The van der Waals surface area contributed by atoms with E-state index in [0.29, 0.717) is 6.61 Å². The Bertz CT molecular complexity index is 304. The van der Waals surface area contributed by atoms with E-state index in [9.17, 15) is 0 Å². The first-order chi connectivity index (χ1) is 7.68. The third-order valence-corrected chi connectivity index (χ3v) is 2.95. The minimum Gasteiger partial charge on any atom is -0.374 e. The molecule has 1 aromatic rings. The molecular weight excluding hydrogens is 202 g/mol. The molecule has 0 bridgehead atoms. The molecular formula is C12H21N3O. The van der Waals surface area contributed by atoms with Crippen molar-refractivity contribution >= 4 is 0 Å². The molecule has 0 amide bonds. The lowest BCUT2D eigenvalue weighted by molar-refractivity contribution is -0.0557. The molecule has 16 heavy (non-hydrogen) atoms. The summed E-state index contributed by atoms with van der Waals surface area (Å²) in [5, 5.41) is 3.27. The number of nitrogens with zero attached hydrogens (tertiary/aromatic N) is 2. The topological polar surface area (TPSA) is 47.0 Å². The molecule has 0 aliphatic heterocycles. The van der Waals surface area contributed by atoms with Crippen molar-refractivity contribution in [3.05, 3.63) is 24.3 Å². The Labute approximate surface area is 97.5 Å². The minimum absolute atomic E-state index is 0.0612. The van der Waals surface area contributed by atoms with Crippen LogP contribution in [0.1, 0.15) is 38.9 Å². The SMILES string of the molecule is CCOC(C)(CC)C(NC)c1cnccn1. The number of likely N-dealkylation sites (N-methyl/N-ethyl adjacent to an activating group) is 1. The number of aromatic nitrogens is 2. The van der Waals surface area contributed by atoms with Gasteiger partial charge in [-0.1, -0.05) is 6.92 Å². The summed E-state index contributed by atoms with van der Waals surface area (Å²) in [4.78, 5) is 8.44. The second-order valence-electron chi connectivity index (χ2n) is 3.95. The van der Waals surface area contributed by atoms with Crippen LogP contribution in [0.3, 0.4) is 0 Å². The summed E-state index contributed by atoms with van der Waals surface area (Å²) >= 11 is 0. The molecule has 0 aromatic carbocycles. The summed E-state index contributed by atoms with van der Waals surface area (Å²) in [6.07, 6.45) is 6.10. The van der Waals surface area contributed by atoms with Crippen LogP contribution in [-0.4, -0.2) is 29.2 Å². The zero-order valence-electron chi connectivity index (χ0n) is 10.5. The van der Waals surface area contributed by atoms with Crippen LogP contribution in [0.5, 0.6) is 0 Å². The van der Waals surface area contributed by atoms with Crippen molar-refractivity contribution in [3.63, 3.8) is 0 Å². The molecule has 2 atom stereocenters. The Balaban J connectivity index is 2.96. The Kier molecular flexibility index (Phi) is 4.83. The van der Waals surface area contributed by atoms with Crippen LogP contribution in [0, 0.1) is 0 Å². The van der Waals surface area contributed by atoms with Crippen LogP contribution < -0.4 is 5.32 Å². The zero-order chi connectivity index (χ0) is 12.0. The van der Waals surface area contributed by atoms with E-state index < -0.39 is 0 Å². The van der Waals surface area contributed by atoms with Gasteiger partial charge in [-0.05, 0) is 27.3 Å². The Morgan fingerprint density at radius 2 is 2.19 bits per heavy atom. The molecule has 1 N–H and O–H groups in total. The summed E-state index contributed by atoms with van der Waals surface area (Å²) in [7, 11) is 1.92. The van der Waals surface area contributed by atoms with Crippen molar-refractivity contribution in [2.24, 2.45) is 0 Å². The summed E-state index contributed by atoms with van der Waals surface area (Å²) < 4.78 is 5.86. The molecule has 1 aromatic heterocycles. The fourth-order valence-electron chi connectivity index (χ4n) is 1.94. The van der Waals surface area contributed by atoms with Gasteiger partial charge in [-0.25, -0.2) is 0 Å². The van der Waals surface area contributed by atoms with Gasteiger partial charge in [-0.15, -0.1) is 0 Å². The van der Waals surface area contributed by atoms with Crippen molar-refractivity contribution in [2.75, 3.05) is 13.7 Å². The predicted molar refractivity (Wildman–Crippen MR) is 64.2 cm³/mol. The highest BCUT2D eigenvalue weighted by Gasteiger charge is 2.34. The number of hydrogen-bond donors (Lipinski definition) is 1. The number of ether oxygens (including phenoxy) is 1. The molecule has 0 saturated heterocycles. The second kappa shape index (κ2) is 5.92. The Morgan fingerprint density at radius 3 is 2.62 bits per heavy atom. The standard InChI is InChI=1S/C12H21N3O/c1-5-12(3,16-6-2)11(13-4)10-9-14-7-8-15-10/h7-9,11,13H,5-6H2,1-4H3. The van der Waals surface area contributed by atoms with E-state index in [2.05, 4.69) is 29.1 Å². The fraction of sp³-hybridized carbons (Fsp3) is 0.667. The molecule has 4 heteroatoms. The maximum atomic E-state index is 5.86. The fourth-order valence-corrected chi connectivity index (χ4v) is 1.94. The predicted octanol–water partition coefficient (Wildman–Crippen LogP) is 1.94. The molecule has 90 valence electrons. The van der Waals surface area contributed by atoms with Crippen LogP contribution in [0.15, 0.2) is 18.6 Å². The van der Waals surface area contributed by atoms with Gasteiger partial charge < -0.3 is 10.1 Å². The third kappa shape index (κ3) is 2.77. The lowest BCUT2D eigenvalue weighted by Crippen LogP contribution is -2.42. The quantitative estimate of drug-likeness (QED) is 0.800. The van der Waals surface area contributed by atoms with Crippen LogP contribution >= 0.6 is 0 Å². The average Bonchev–Trinajstić information content (AvgIpc) is 2.31. The van der Waals surface area contributed by atoms with Crippen LogP contribution in [0.4, 0.5) is 0 Å². The van der Waals surface area contributed by atoms with Gasteiger partial charge in [0.25, 0.3) is 0 Å². The normalized spacial score (nSPS) is 16.8. The molecule has 0 aliphatic carbocycles. The van der Waals surface area contributed by atoms with E-state index in [1.54, 1.807) is 18.6 Å². The largest absolute Gasteiger partial charge is 0.374 e. The van der Waals surface area contributed by atoms with Gasteiger partial charge >= 0.3 is 0 Å². The molecule has 1 rings (SSSR count). The van der Waals surface area contributed by atoms with Gasteiger partial charge in [-0.2, -0.15) is 0 Å². The van der Waals surface area contributed by atoms with Gasteiger partial charge in [0, 0.05) is 19.0 Å². The maximum absolute atomic E-state index is 5.86. The minimum atomic E-state index is -0.250. The summed E-state index contributed by atoms with van der Waals surface area (Å²) in [5.74, 6) is 0. The van der Waals surface area contributed by atoms with E-state index in [1.165, 1.54) is 0 Å². The van der Waals surface area contributed by atoms with Crippen LogP contribution in [-0.2, 0) is 4.74 Å². The monoisotopic (exact) mass is 223 g/mol. The molecule has 0 spiro atoms. The average molecular weight is 223 g/mol. The van der Waals surface area contributed by atoms with Crippen molar-refractivity contribution in [1.82, 2.24) is 15.3 Å². The lowest BCUT2D eigenvalue weighted by atomic mass is 9.91. The Morgan fingerprint density at radius 1 is 1.44 bits per heavy atom. The molecule has 2 unspecified atom stereocenters. The van der Waals surface area contributed by atoms with Crippen molar-refractivity contribution in [1.29, 1.82) is 0 Å². The highest BCUT2D eigenvalue weighted by Crippen LogP contribution is 2.30. The van der Waals surface area contributed by atoms with E-state index in [4.69, 9.17) is 4.74 Å². The van der Waals surface area contributed by atoms with Crippen molar-refractivity contribution in [3.8, 4) is 0 Å². The van der Waals surface area contributed by atoms with Gasteiger partial charge in [0.15, 0.2) is 0 Å². The summed E-state index contributed by atoms with van der Waals surface area (Å²) in [5.41, 5.74) is 0.669. The second-order valence-corrected chi connectivity index (χ2v) is 3.95. The number of nitrogens with one attached hydrogen (secondary N) is 1. The smallest absolute Gasteiger partial charge is 0.0861 e. The van der Waals surface area contributed by atoms with Crippen molar-refractivity contribution in [2.45, 2.75) is 38.8 Å². The first kappa shape index (κ1) is 13.1. The van der Waals surface area contributed by atoms with Crippen LogP contribution in [0.2, 0.25) is 0 Å². The van der Waals surface area contributed by atoms with Gasteiger partial charge in [0.1, 0.15) is 0 Å². The third-order valence-electron chi connectivity index (χ3n) is 2.95. The van der Waals surface area contributed by atoms with E-state index in [-0.39, 0.29) is 11.6 Å². The molecule has 0 saturated carbocycles. The van der Waals surface area contributed by atoms with Gasteiger partial charge in [0.05, 0.1) is 23.5 Å². The maximum Gasteiger partial charge on any atom is 0.0861 e.